The fraction of sp³-hybridized carbons (Fsp3) is 0.211. The number of nitrogens with zero attached hydrogens (tertiary/aromatic N) is 1. The smallest absolute Gasteiger partial charge is 0.364 e. The lowest BCUT2D eigenvalue weighted by Gasteiger charge is -2.26. The molecule has 132 valence electrons. The summed E-state index contributed by atoms with van der Waals surface area (Å²) in [6.07, 6.45) is 0.517. The summed E-state index contributed by atoms with van der Waals surface area (Å²) in [5.41, 5.74) is 3.49. The number of benzene rings is 2. The van der Waals surface area contributed by atoms with Crippen LogP contribution in [0.4, 0.5) is 5.69 Å². The van der Waals surface area contributed by atoms with Crippen molar-refractivity contribution < 1.29 is 19.8 Å². The fourth-order valence-electron chi connectivity index (χ4n) is 3.81. The second kappa shape index (κ2) is 6.27. The number of nitrogens with one attached hydrogen (secondary N) is 1. The van der Waals surface area contributed by atoms with Crippen LogP contribution in [-0.4, -0.2) is 29.0 Å². The maximum atomic E-state index is 12.2. The van der Waals surface area contributed by atoms with E-state index in [0.29, 0.717) is 12.0 Å². The Bertz CT molecular complexity index is 1010. The van der Waals surface area contributed by atoms with Crippen molar-refractivity contribution >= 4 is 22.6 Å². The Hall–Kier alpha value is -3.19. The van der Waals surface area contributed by atoms with Crippen LogP contribution in [-0.2, 0) is 16.0 Å². The summed E-state index contributed by atoms with van der Waals surface area (Å²) in [4.78, 5) is 26.8. The molecule has 0 spiro atoms. The van der Waals surface area contributed by atoms with Crippen molar-refractivity contribution in [1.82, 2.24) is 4.98 Å². The number of hydrogen-bond donors (Lipinski definition) is 2. The minimum Gasteiger partial charge on any atom is -0.465 e. The third-order valence-electron chi connectivity index (χ3n) is 4.98. The topological polar surface area (TPSA) is 102 Å². The zero-order chi connectivity index (χ0) is 18.3. The van der Waals surface area contributed by atoms with E-state index in [2.05, 4.69) is 4.98 Å². The molecule has 3 aromatic rings. The molecule has 1 aliphatic heterocycles. The molecule has 1 aliphatic rings. The molecular weight excluding hydrogens is 334 g/mol. The first-order valence-electron chi connectivity index (χ1n) is 8.35. The number of rotatable bonds is 3. The van der Waals surface area contributed by atoms with Gasteiger partial charge in [0.2, 0.25) is 0 Å². The number of H-pyrrole nitrogens is 1. The third kappa shape index (κ3) is 2.53. The van der Waals surface area contributed by atoms with E-state index in [-0.39, 0.29) is 22.6 Å². The van der Waals surface area contributed by atoms with Crippen molar-refractivity contribution in [1.29, 1.82) is 0 Å². The van der Waals surface area contributed by atoms with Crippen LogP contribution >= 0.6 is 0 Å². The van der Waals surface area contributed by atoms with Crippen LogP contribution in [0.15, 0.2) is 48.5 Å². The lowest BCUT2D eigenvalue weighted by atomic mass is 9.89. The van der Waals surface area contributed by atoms with Crippen LogP contribution in [0.2, 0.25) is 0 Å². The number of ether oxygens (including phenoxy) is 1. The molecule has 0 fully saturated rings. The minimum absolute atomic E-state index is 0.0453. The highest BCUT2D eigenvalue weighted by atomic mass is 16.6. The first kappa shape index (κ1) is 16.3. The second-order valence-electron chi connectivity index (χ2n) is 6.38. The molecule has 2 atom stereocenters. The molecule has 3 N–H and O–H groups in total. The van der Waals surface area contributed by atoms with Crippen molar-refractivity contribution in [3.8, 4) is 0 Å². The molecule has 7 heteroatoms. The lowest BCUT2D eigenvalue weighted by molar-refractivity contribution is -0.713. The van der Waals surface area contributed by atoms with Crippen LogP contribution in [0.3, 0.4) is 0 Å². The average Bonchev–Trinajstić information content (AvgIpc) is 3.05. The Balaban J connectivity index is 1.92. The van der Waals surface area contributed by atoms with E-state index in [4.69, 9.17) is 4.74 Å². The van der Waals surface area contributed by atoms with Gasteiger partial charge < -0.3 is 15.0 Å². The molecule has 0 amide bonds. The highest BCUT2D eigenvalue weighted by molar-refractivity contribution is 5.86. The van der Waals surface area contributed by atoms with Crippen LogP contribution in [0.5, 0.6) is 0 Å². The van der Waals surface area contributed by atoms with Gasteiger partial charge in [-0.15, -0.1) is 0 Å². The number of fused-ring (bicyclic) bond motifs is 3. The van der Waals surface area contributed by atoms with Crippen LogP contribution in [0.1, 0.15) is 22.9 Å². The molecule has 1 aromatic heterocycles. The highest BCUT2D eigenvalue weighted by Crippen LogP contribution is 2.35. The van der Waals surface area contributed by atoms with Crippen LogP contribution in [0, 0.1) is 10.1 Å². The Labute approximate surface area is 149 Å². The highest BCUT2D eigenvalue weighted by Gasteiger charge is 2.40. The second-order valence-corrected chi connectivity index (χ2v) is 6.38. The van der Waals surface area contributed by atoms with Crippen LogP contribution in [0.25, 0.3) is 10.9 Å². The predicted molar refractivity (Wildman–Crippen MR) is 94.7 cm³/mol. The summed E-state index contributed by atoms with van der Waals surface area (Å²) in [6, 6.07) is 13.7. The summed E-state index contributed by atoms with van der Waals surface area (Å²) < 4.78 is 4.94. The number of aromatic nitrogens is 1. The number of para-hydroxylation sites is 2. The van der Waals surface area contributed by atoms with Crippen molar-refractivity contribution in [3.05, 3.63) is 75.5 Å². The van der Waals surface area contributed by atoms with E-state index in [1.165, 1.54) is 13.2 Å². The average molecular weight is 352 g/mol. The van der Waals surface area contributed by atoms with Gasteiger partial charge in [-0.2, -0.15) is 0 Å². The first-order valence-corrected chi connectivity index (χ1v) is 8.35. The van der Waals surface area contributed by atoms with Crippen molar-refractivity contribution in [2.45, 2.75) is 18.5 Å². The summed E-state index contributed by atoms with van der Waals surface area (Å²) in [5, 5.41) is 14.4. The molecule has 0 saturated heterocycles. The molecule has 2 heterocycles. The zero-order valence-electron chi connectivity index (χ0n) is 14.1. The quantitative estimate of drug-likeness (QED) is 0.426. The number of nitro benzene ring substituents is 1. The van der Waals surface area contributed by atoms with Gasteiger partial charge in [0.1, 0.15) is 0 Å². The summed E-state index contributed by atoms with van der Waals surface area (Å²) in [6.45, 7) is 0. The number of carbonyl (C=O) groups is 1. The van der Waals surface area contributed by atoms with E-state index < -0.39 is 6.04 Å². The Morgan fingerprint density at radius 3 is 2.73 bits per heavy atom. The Morgan fingerprint density at radius 2 is 1.96 bits per heavy atom. The van der Waals surface area contributed by atoms with Crippen molar-refractivity contribution in [3.63, 3.8) is 0 Å². The predicted octanol–water partition coefficient (Wildman–Crippen LogP) is 1.83. The van der Waals surface area contributed by atoms with Gasteiger partial charge in [-0.05, 0) is 17.7 Å². The molecule has 0 radical (unpaired) electrons. The van der Waals surface area contributed by atoms with Crippen molar-refractivity contribution in [2.24, 2.45) is 0 Å². The summed E-state index contributed by atoms with van der Waals surface area (Å²) in [5.74, 6) is -0.329. The normalized spacial score (nSPS) is 19.1. The largest absolute Gasteiger partial charge is 0.465 e. The van der Waals surface area contributed by atoms with Gasteiger partial charge in [0, 0.05) is 23.4 Å². The van der Waals surface area contributed by atoms with Crippen molar-refractivity contribution in [2.75, 3.05) is 7.11 Å². The van der Waals surface area contributed by atoms with E-state index in [1.807, 2.05) is 29.6 Å². The third-order valence-corrected chi connectivity index (χ3v) is 4.98. The molecule has 0 unspecified atom stereocenters. The summed E-state index contributed by atoms with van der Waals surface area (Å²) in [7, 11) is 1.36. The molecule has 4 rings (SSSR count). The van der Waals surface area contributed by atoms with Gasteiger partial charge in [0.15, 0.2) is 12.1 Å². The number of nitrogens with two attached hydrogens (primary N) is 1. The number of methoxy groups -OCH3 is 1. The van der Waals surface area contributed by atoms with E-state index >= 15 is 0 Å². The number of nitro groups is 1. The van der Waals surface area contributed by atoms with Crippen LogP contribution < -0.4 is 5.32 Å². The lowest BCUT2D eigenvalue weighted by Crippen LogP contribution is -2.94. The number of quaternary nitrogens is 1. The monoisotopic (exact) mass is 352 g/mol. The number of carbonyl (C=O) groups excluding carboxylic acids is 1. The molecule has 0 aliphatic carbocycles. The van der Waals surface area contributed by atoms with E-state index in [1.54, 1.807) is 18.2 Å². The standard InChI is InChI=1S/C19H17N3O4/c1-26-19(23)15-10-13-11-6-2-4-8-14(11)20-18(13)17(21-15)12-7-3-5-9-16(12)22(24)25/h2-9,15,17,20-21H,10H2,1H3/p+1/t15-,17-/m1/s1. The first-order chi connectivity index (χ1) is 12.6. The van der Waals surface area contributed by atoms with Gasteiger partial charge in [-0.1, -0.05) is 30.3 Å². The van der Waals surface area contributed by atoms with Gasteiger partial charge in [0.05, 0.1) is 23.3 Å². The maximum absolute atomic E-state index is 12.2. The maximum Gasteiger partial charge on any atom is 0.364 e. The number of hydrogen-bond acceptors (Lipinski definition) is 4. The fourth-order valence-corrected chi connectivity index (χ4v) is 3.81. The van der Waals surface area contributed by atoms with Gasteiger partial charge in [-0.25, -0.2) is 4.79 Å². The van der Waals surface area contributed by atoms with E-state index in [9.17, 15) is 14.9 Å². The molecule has 0 bridgehead atoms. The van der Waals surface area contributed by atoms with Gasteiger partial charge in [-0.3, -0.25) is 10.1 Å². The molecule has 0 saturated carbocycles. The minimum atomic E-state index is -0.448. The number of aromatic amines is 1. The number of esters is 1. The molecule has 26 heavy (non-hydrogen) atoms. The summed E-state index contributed by atoms with van der Waals surface area (Å²) >= 11 is 0. The molecular formula is C19H18N3O4+. The zero-order valence-corrected chi connectivity index (χ0v) is 14.1. The molecule has 2 aromatic carbocycles. The molecule has 7 nitrogen and oxygen atoms in total. The Morgan fingerprint density at radius 1 is 1.23 bits per heavy atom. The SMILES string of the molecule is COC(=O)[C@H]1Cc2c([nH]c3ccccc23)[C@@H](c2ccccc2[N+](=O)[O-])[NH2+]1. The van der Waals surface area contributed by atoms with Gasteiger partial charge in [0.25, 0.3) is 5.69 Å². The Kier molecular flexibility index (Phi) is 3.93. The van der Waals surface area contributed by atoms with Gasteiger partial charge >= 0.3 is 5.97 Å². The van der Waals surface area contributed by atoms with E-state index in [0.717, 1.165) is 22.2 Å².